The summed E-state index contributed by atoms with van der Waals surface area (Å²) in [6.07, 6.45) is 0. The Bertz CT molecular complexity index is 268. The van der Waals surface area contributed by atoms with Crippen LogP contribution in [0.2, 0.25) is 0 Å². The Labute approximate surface area is 75.4 Å². The van der Waals surface area contributed by atoms with Gasteiger partial charge in [-0.25, -0.2) is 0 Å². The monoisotopic (exact) mass is 181 g/mol. The molecule has 3 nitrogen and oxygen atoms in total. The second-order valence-electron chi connectivity index (χ2n) is 1.64. The van der Waals surface area contributed by atoms with Crippen LogP contribution in [-0.2, 0) is 4.79 Å². The Kier molecular flexibility index (Phi) is 6.64. The fraction of sp³-hybridized carbons (Fsp3) is 0. The van der Waals surface area contributed by atoms with Crippen LogP contribution in [0.4, 0.5) is 5.69 Å². The summed E-state index contributed by atoms with van der Waals surface area (Å²) >= 11 is 4.42. The summed E-state index contributed by atoms with van der Waals surface area (Å²) in [7, 11) is 0. The van der Waals surface area contributed by atoms with Crippen molar-refractivity contribution in [2.24, 2.45) is 4.99 Å². The largest absolute Gasteiger partial charge is 0.483 e. The highest BCUT2D eigenvalue weighted by atomic mass is 32.1. The molecule has 1 aromatic rings. The normalized spacial score (nSPS) is 7.00. The molecule has 0 atom stereocenters. The van der Waals surface area contributed by atoms with E-state index in [9.17, 15) is 0 Å². The molecule has 0 fully saturated rings. The SMILES string of the molecule is O=CO.S=C=Nc1ccccc1. The maximum absolute atomic E-state index is 8.36. The van der Waals surface area contributed by atoms with Crippen molar-refractivity contribution in [3.8, 4) is 0 Å². The average Bonchev–Trinajstić information content (AvgIpc) is 2.08. The van der Waals surface area contributed by atoms with E-state index in [1.807, 2.05) is 30.3 Å². The molecule has 1 rings (SSSR count). The van der Waals surface area contributed by atoms with Gasteiger partial charge in [0.2, 0.25) is 0 Å². The number of benzene rings is 1. The van der Waals surface area contributed by atoms with E-state index in [-0.39, 0.29) is 6.47 Å². The Balaban J connectivity index is 0.000000354. The van der Waals surface area contributed by atoms with Crippen LogP contribution in [-0.4, -0.2) is 16.7 Å². The van der Waals surface area contributed by atoms with Crippen molar-refractivity contribution < 1.29 is 9.90 Å². The minimum absolute atomic E-state index is 0.250. The molecule has 62 valence electrons. The Morgan fingerprint density at radius 1 is 1.42 bits per heavy atom. The fourth-order valence-electron chi connectivity index (χ4n) is 0.555. The van der Waals surface area contributed by atoms with Gasteiger partial charge in [-0.3, -0.25) is 4.79 Å². The summed E-state index contributed by atoms with van der Waals surface area (Å²) in [6.45, 7) is -0.250. The van der Waals surface area contributed by atoms with Crippen molar-refractivity contribution in [2.45, 2.75) is 0 Å². The predicted octanol–water partition coefficient (Wildman–Crippen LogP) is 2.12. The quantitative estimate of drug-likeness (QED) is 0.410. The first kappa shape index (κ1) is 10.5. The standard InChI is InChI=1S/C7H5NS.CH2O2/c9-6-8-7-4-2-1-3-5-7;2-1-3/h1-5H;1H,(H,2,3). The highest BCUT2D eigenvalue weighted by Crippen LogP contribution is 2.07. The minimum atomic E-state index is -0.250. The third kappa shape index (κ3) is 5.29. The molecule has 0 aliphatic carbocycles. The highest BCUT2D eigenvalue weighted by molar-refractivity contribution is 7.78. The molecule has 0 heterocycles. The van der Waals surface area contributed by atoms with Gasteiger partial charge in [0.15, 0.2) is 0 Å². The summed E-state index contributed by atoms with van der Waals surface area (Å²) < 4.78 is 0. The lowest BCUT2D eigenvalue weighted by Crippen LogP contribution is -1.58. The van der Waals surface area contributed by atoms with Crippen LogP contribution in [0.25, 0.3) is 0 Å². The van der Waals surface area contributed by atoms with Gasteiger partial charge in [0.05, 0.1) is 10.8 Å². The van der Waals surface area contributed by atoms with E-state index in [0.29, 0.717) is 0 Å². The molecule has 1 N–H and O–H groups in total. The van der Waals surface area contributed by atoms with Gasteiger partial charge in [-0.1, -0.05) is 18.2 Å². The number of para-hydroxylation sites is 1. The minimum Gasteiger partial charge on any atom is -0.483 e. The van der Waals surface area contributed by atoms with Gasteiger partial charge in [-0.05, 0) is 24.4 Å². The number of carboxylic acid groups (broad SMARTS) is 1. The second kappa shape index (κ2) is 7.60. The zero-order valence-electron chi connectivity index (χ0n) is 6.18. The van der Waals surface area contributed by atoms with Crippen LogP contribution >= 0.6 is 12.2 Å². The lowest BCUT2D eigenvalue weighted by molar-refractivity contribution is -0.122. The van der Waals surface area contributed by atoms with Crippen LogP contribution in [0.5, 0.6) is 0 Å². The summed E-state index contributed by atoms with van der Waals surface area (Å²) in [5, 5.41) is 9.18. The van der Waals surface area contributed by atoms with Crippen LogP contribution in [0.1, 0.15) is 0 Å². The Hall–Kier alpha value is -1.51. The van der Waals surface area contributed by atoms with Crippen molar-refractivity contribution in [3.63, 3.8) is 0 Å². The van der Waals surface area contributed by atoms with E-state index in [2.05, 4.69) is 22.4 Å². The Morgan fingerprint density at radius 3 is 2.33 bits per heavy atom. The van der Waals surface area contributed by atoms with Gasteiger partial charge < -0.3 is 5.11 Å². The van der Waals surface area contributed by atoms with E-state index in [4.69, 9.17) is 9.90 Å². The lowest BCUT2D eigenvalue weighted by atomic mass is 10.3. The van der Waals surface area contributed by atoms with Crippen molar-refractivity contribution in [1.82, 2.24) is 0 Å². The molecule has 0 spiro atoms. The van der Waals surface area contributed by atoms with E-state index in [1.165, 1.54) is 0 Å². The Morgan fingerprint density at radius 2 is 1.92 bits per heavy atom. The van der Waals surface area contributed by atoms with Gasteiger partial charge in [-0.15, -0.1) is 0 Å². The maximum atomic E-state index is 8.36. The molecule has 1 aromatic carbocycles. The molecular formula is C8H7NO2S. The first-order chi connectivity index (χ1) is 5.85. The van der Waals surface area contributed by atoms with E-state index >= 15 is 0 Å². The van der Waals surface area contributed by atoms with Crippen molar-refractivity contribution in [1.29, 1.82) is 0 Å². The lowest BCUT2D eigenvalue weighted by Gasteiger charge is -1.83. The van der Waals surface area contributed by atoms with E-state index in [1.54, 1.807) is 0 Å². The van der Waals surface area contributed by atoms with Crippen molar-refractivity contribution in [2.75, 3.05) is 0 Å². The summed E-state index contributed by atoms with van der Waals surface area (Å²) in [5.41, 5.74) is 0.854. The summed E-state index contributed by atoms with van der Waals surface area (Å²) in [4.78, 5) is 12.1. The molecular weight excluding hydrogens is 174 g/mol. The van der Waals surface area contributed by atoms with Crippen LogP contribution in [0.3, 0.4) is 0 Å². The number of aliphatic imine (C=N–C) groups is 1. The number of hydrogen-bond donors (Lipinski definition) is 1. The maximum Gasteiger partial charge on any atom is 0.290 e. The molecule has 0 bridgehead atoms. The zero-order valence-corrected chi connectivity index (χ0v) is 6.99. The zero-order chi connectivity index (χ0) is 9.23. The number of hydrogen-bond acceptors (Lipinski definition) is 3. The smallest absolute Gasteiger partial charge is 0.290 e. The number of isothiocyanates is 1. The number of thiocarbonyl (C=S) groups is 1. The number of nitrogens with zero attached hydrogens (tertiary/aromatic N) is 1. The summed E-state index contributed by atoms with van der Waals surface area (Å²) in [5.74, 6) is 0. The fourth-order valence-corrected chi connectivity index (χ4v) is 0.661. The summed E-state index contributed by atoms with van der Waals surface area (Å²) in [6, 6.07) is 9.50. The topological polar surface area (TPSA) is 49.7 Å². The third-order valence-corrected chi connectivity index (χ3v) is 1.02. The molecule has 0 aliphatic heterocycles. The van der Waals surface area contributed by atoms with Gasteiger partial charge in [0, 0.05) is 0 Å². The molecule has 0 saturated heterocycles. The number of carbonyl (C=O) groups is 1. The van der Waals surface area contributed by atoms with E-state index in [0.717, 1.165) is 5.69 Å². The highest BCUT2D eigenvalue weighted by Gasteiger charge is 1.79. The molecule has 0 aromatic heterocycles. The van der Waals surface area contributed by atoms with Crippen LogP contribution < -0.4 is 0 Å². The molecule has 12 heavy (non-hydrogen) atoms. The molecule has 0 radical (unpaired) electrons. The molecule has 0 amide bonds. The molecule has 0 aliphatic rings. The van der Waals surface area contributed by atoms with Crippen molar-refractivity contribution in [3.05, 3.63) is 30.3 Å². The predicted molar refractivity (Wildman–Crippen MR) is 49.8 cm³/mol. The van der Waals surface area contributed by atoms with Gasteiger partial charge in [0.25, 0.3) is 6.47 Å². The van der Waals surface area contributed by atoms with Gasteiger partial charge >= 0.3 is 0 Å². The number of rotatable bonds is 1. The van der Waals surface area contributed by atoms with E-state index < -0.39 is 0 Å². The molecule has 0 saturated carbocycles. The third-order valence-electron chi connectivity index (χ3n) is 0.931. The van der Waals surface area contributed by atoms with Gasteiger partial charge in [-0.2, -0.15) is 4.99 Å². The van der Waals surface area contributed by atoms with Crippen LogP contribution in [0, 0.1) is 0 Å². The second-order valence-corrected chi connectivity index (χ2v) is 1.83. The van der Waals surface area contributed by atoms with Crippen LogP contribution in [0.15, 0.2) is 35.3 Å². The molecule has 0 unspecified atom stereocenters. The average molecular weight is 181 g/mol. The van der Waals surface area contributed by atoms with Gasteiger partial charge in [0.1, 0.15) is 0 Å². The van der Waals surface area contributed by atoms with Crippen molar-refractivity contribution >= 4 is 29.5 Å². The molecule has 4 heteroatoms. The first-order valence-electron chi connectivity index (χ1n) is 3.06. The first-order valence-corrected chi connectivity index (χ1v) is 3.46.